The first kappa shape index (κ1) is 129. The van der Waals surface area contributed by atoms with Crippen molar-refractivity contribution in [1.82, 2.24) is 0 Å². The van der Waals surface area contributed by atoms with Crippen LogP contribution in [-0.4, -0.2) is 60.1 Å². The van der Waals surface area contributed by atoms with Crippen molar-refractivity contribution in [3.63, 3.8) is 0 Å². The number of rotatable bonds is 6. The van der Waals surface area contributed by atoms with Gasteiger partial charge in [-0.25, -0.2) is 0 Å². The molecule has 0 amide bonds. The molecule has 2 N–H and O–H groups in total. The van der Waals surface area contributed by atoms with Crippen LogP contribution in [0.5, 0.6) is 0 Å². The molecular formula is C99H140O10S2Y2-2. The predicted octanol–water partition coefficient (Wildman–Crippen LogP) is 28.5. The number of aliphatic hydroxyl groups is 2. The molecule has 1 aliphatic rings. The number of carbonyl (C=O) groups is 5. The molecule has 616 valence electrons. The summed E-state index contributed by atoms with van der Waals surface area (Å²) in [6.07, 6.45) is 0.480. The molecule has 0 atom stereocenters. The Morgan fingerprint density at radius 2 is 0.425 bits per heavy atom. The number of fused-ring (bicyclic) bond motifs is 6. The number of ketones is 4. The van der Waals surface area contributed by atoms with E-state index < -0.39 is 0 Å². The van der Waals surface area contributed by atoms with Gasteiger partial charge < -0.3 is 29.8 Å². The minimum absolute atomic E-state index is 0. The molecule has 0 unspecified atom stereocenters. The van der Waals surface area contributed by atoms with Gasteiger partial charge in [0.1, 0.15) is 0 Å². The summed E-state index contributed by atoms with van der Waals surface area (Å²) in [4.78, 5) is 82.3. The molecule has 0 saturated carbocycles. The van der Waals surface area contributed by atoms with Gasteiger partial charge in [0, 0.05) is 171 Å². The van der Waals surface area contributed by atoms with Crippen molar-refractivity contribution in [2.24, 2.45) is 0 Å². The molecule has 2 heterocycles. The number of benzene rings is 10. The van der Waals surface area contributed by atoms with Gasteiger partial charge in [-0.1, -0.05) is 391 Å². The van der Waals surface area contributed by atoms with Crippen LogP contribution in [0.1, 0.15) is 250 Å². The van der Waals surface area contributed by atoms with E-state index in [-0.39, 0.29) is 120 Å². The van der Waals surface area contributed by atoms with Crippen LogP contribution in [0, 0.1) is 14.9 Å². The minimum atomic E-state index is -0.123. The van der Waals surface area contributed by atoms with Gasteiger partial charge in [-0.15, -0.1) is 22.7 Å². The van der Waals surface area contributed by atoms with Crippen molar-refractivity contribution in [1.29, 1.82) is 0 Å². The van der Waals surface area contributed by atoms with E-state index in [1.54, 1.807) is 85.1 Å². The normalized spacial score (nSPS) is 8.44. The van der Waals surface area contributed by atoms with E-state index >= 15 is 0 Å². The summed E-state index contributed by atoms with van der Waals surface area (Å²) in [5.41, 5.74) is 5.24. The van der Waals surface area contributed by atoms with Crippen LogP contribution in [0.2, 0.25) is 0 Å². The molecule has 10 nitrogen and oxygen atoms in total. The van der Waals surface area contributed by atoms with Crippen molar-refractivity contribution in [2.75, 3.05) is 20.8 Å². The Morgan fingerprint density at radius 3 is 0.584 bits per heavy atom. The number of ether oxygens (including phenoxy) is 1. The maximum absolute atomic E-state index is 12.1. The van der Waals surface area contributed by atoms with E-state index in [0.717, 1.165) is 76.8 Å². The van der Waals surface area contributed by atoms with Gasteiger partial charge in [-0.05, 0) is 55.5 Å². The SMILES string of the molecule is CC.CC.CC.CC.CC.CC.CC.CC.CC.CC.CC.CC.CCOC(=O)CC.CO.CO.O=C(c1ccccc1)c1ccccc1.O=C(c1ccccc1)c1ccccc1.O=C1c2ccccc2C(=O)c2ccccc21.O=c1c2ccccc2sc2ccccc12.O=c1c2ccccc2sc2ccccc12.[CH3-].[CH3-].[Y].[Y]. The maximum atomic E-state index is 12.1. The van der Waals surface area contributed by atoms with Crippen LogP contribution in [0.4, 0.5) is 0 Å². The van der Waals surface area contributed by atoms with Gasteiger partial charge in [0.25, 0.3) is 0 Å². The van der Waals surface area contributed by atoms with Crippen LogP contribution in [-0.2, 0) is 74.9 Å². The second kappa shape index (κ2) is 91.4. The smallest absolute Gasteiger partial charge is 0.305 e. The van der Waals surface area contributed by atoms with Crippen LogP contribution in [0.3, 0.4) is 0 Å². The van der Waals surface area contributed by atoms with Gasteiger partial charge in [-0.2, -0.15) is 0 Å². The van der Waals surface area contributed by atoms with Crippen LogP contribution in [0.15, 0.2) is 277 Å². The number of hydrogen-bond donors (Lipinski definition) is 2. The quantitative estimate of drug-likeness (QED) is 0.0707. The zero-order valence-electron chi connectivity index (χ0n) is 74.4. The zero-order chi connectivity index (χ0) is 84.9. The van der Waals surface area contributed by atoms with Gasteiger partial charge in [0.05, 0.1) is 6.61 Å². The first-order valence-corrected chi connectivity index (χ1v) is 40.6. The first-order chi connectivity index (χ1) is 53.6. The molecule has 2 radical (unpaired) electrons. The Bertz CT molecular complexity index is 3760. The fraction of sp³-hybridized carbons (Fsp3) is 0.303. The average Bonchev–Trinajstić information content (AvgIpc) is 0.777. The largest absolute Gasteiger partial charge is 0.466 e. The topological polar surface area (TPSA) is 169 Å². The van der Waals surface area contributed by atoms with E-state index in [1.807, 2.05) is 385 Å². The average molecular weight is 1730 g/mol. The Balaban J connectivity index is -0.000000115. The van der Waals surface area contributed by atoms with Crippen LogP contribution >= 0.6 is 22.7 Å². The summed E-state index contributed by atoms with van der Waals surface area (Å²) >= 11 is 3.33. The molecule has 0 bridgehead atoms. The molecular weight excluding hydrogens is 1590 g/mol. The fourth-order valence-electron chi connectivity index (χ4n) is 8.50. The van der Waals surface area contributed by atoms with Crippen LogP contribution in [0.25, 0.3) is 40.3 Å². The number of aliphatic hydroxyl groups excluding tert-OH is 2. The molecule has 10 aromatic carbocycles. The van der Waals surface area contributed by atoms with E-state index in [2.05, 4.69) is 4.74 Å². The standard InChI is InChI=1S/C14H8O2.2C13H8OS.2C13H10O.C5H10O2.12C2H6.2CH4O.2CH3.2Y/c15-13-9-5-1-2-6-10(9)14(16)12-8-4-3-7-11(12)13;2*14-13-9-5-1-3-7-11(9)15-12-8-4-2-6-10(12)13;2*14-13(11-7-3-1-4-8-11)12-9-5-2-6-10-12;1-3-5(6)7-4-2;14*1-2;;;;/h1-8H;2*1-8H;2*1-10H;3-4H2,1-2H3;12*1-2H3;2*2H,1H3;2*1H3;;/q;;;;;;;;;;;;;;;;;;;;2*-1;;. The molecule has 12 aromatic rings. The summed E-state index contributed by atoms with van der Waals surface area (Å²) in [6, 6.07) is 82.1. The number of hydrogen-bond acceptors (Lipinski definition) is 12. The second-order valence-electron chi connectivity index (χ2n) is 17.9. The van der Waals surface area contributed by atoms with Crippen molar-refractivity contribution in [3.8, 4) is 0 Å². The summed E-state index contributed by atoms with van der Waals surface area (Å²) in [5.74, 6) is -0.100. The number of carbonyl (C=O) groups excluding carboxylic acids is 5. The van der Waals surface area contributed by atoms with Crippen LogP contribution < -0.4 is 10.9 Å². The first-order valence-electron chi connectivity index (χ1n) is 39.0. The van der Waals surface area contributed by atoms with Crippen molar-refractivity contribution in [2.45, 2.75) is 186 Å². The number of esters is 1. The molecule has 14 heteroatoms. The van der Waals surface area contributed by atoms with Crippen molar-refractivity contribution >= 4 is 92.1 Å². The van der Waals surface area contributed by atoms with Crippen molar-refractivity contribution in [3.05, 3.63) is 347 Å². The third-order valence-corrected chi connectivity index (χ3v) is 14.8. The fourth-order valence-corrected chi connectivity index (χ4v) is 10.6. The Morgan fingerprint density at radius 1 is 0.265 bits per heavy atom. The Hall–Kier alpha value is -7.74. The zero-order valence-corrected chi connectivity index (χ0v) is 81.8. The van der Waals surface area contributed by atoms with Gasteiger partial charge in [0.15, 0.2) is 34.0 Å². The molecule has 0 spiro atoms. The van der Waals surface area contributed by atoms with Gasteiger partial charge in [-0.3, -0.25) is 33.6 Å². The summed E-state index contributed by atoms with van der Waals surface area (Å²) in [6.45, 7) is 52.1. The third kappa shape index (κ3) is 47.7. The molecule has 1 aliphatic carbocycles. The molecule has 0 saturated heterocycles. The Labute approximate surface area is 743 Å². The van der Waals surface area contributed by atoms with Crippen molar-refractivity contribution < 1.29 is 104 Å². The van der Waals surface area contributed by atoms with E-state index in [0.29, 0.717) is 35.3 Å². The minimum Gasteiger partial charge on any atom is -0.466 e. The van der Waals surface area contributed by atoms with E-state index in [9.17, 15) is 33.6 Å². The van der Waals surface area contributed by atoms with E-state index in [4.69, 9.17) is 10.2 Å². The summed E-state index contributed by atoms with van der Waals surface area (Å²) in [7, 11) is 2.00. The van der Waals surface area contributed by atoms with Gasteiger partial charge in [0.2, 0.25) is 0 Å². The monoisotopic (exact) mass is 1730 g/mol. The summed E-state index contributed by atoms with van der Waals surface area (Å²) in [5, 5.41) is 17.3. The second-order valence-corrected chi connectivity index (χ2v) is 20.0. The van der Waals surface area contributed by atoms with E-state index in [1.165, 1.54) is 0 Å². The molecule has 0 aliphatic heterocycles. The molecule has 0 fully saturated rings. The molecule has 2 aromatic heterocycles. The Kier molecular flexibility index (Phi) is 104. The van der Waals surface area contributed by atoms with Gasteiger partial charge >= 0.3 is 5.97 Å². The third-order valence-electron chi connectivity index (χ3n) is 12.5. The molecule has 113 heavy (non-hydrogen) atoms. The maximum Gasteiger partial charge on any atom is 0.305 e. The predicted molar refractivity (Wildman–Crippen MR) is 496 cm³/mol. The summed E-state index contributed by atoms with van der Waals surface area (Å²) < 4.78 is 8.78. The molecule has 13 rings (SSSR count).